The highest BCUT2D eigenvalue weighted by atomic mass is 19.4. The van der Waals surface area contributed by atoms with Gasteiger partial charge in [-0.1, -0.05) is 30.3 Å². The number of rotatable bonds is 7. The number of alkyl halides is 3. The van der Waals surface area contributed by atoms with E-state index >= 15 is 0 Å². The summed E-state index contributed by atoms with van der Waals surface area (Å²) in [5.74, 6) is -1.14. The summed E-state index contributed by atoms with van der Waals surface area (Å²) in [5.41, 5.74) is 0.125. The van der Waals surface area contributed by atoms with Crippen LogP contribution in [0.25, 0.3) is 0 Å². The van der Waals surface area contributed by atoms with Gasteiger partial charge < -0.3 is 16.0 Å². The van der Waals surface area contributed by atoms with Gasteiger partial charge in [0.2, 0.25) is 0 Å². The Morgan fingerprint density at radius 1 is 0.839 bits per heavy atom. The van der Waals surface area contributed by atoms with Crippen LogP contribution in [0.3, 0.4) is 0 Å². The molecule has 1 heterocycles. The minimum Gasteiger partial charge on any atom is -0.368 e. The van der Waals surface area contributed by atoms with Crippen LogP contribution in [0.5, 0.6) is 0 Å². The van der Waals surface area contributed by atoms with Crippen LogP contribution in [-0.4, -0.2) is 29.9 Å². The van der Waals surface area contributed by atoms with Crippen molar-refractivity contribution in [2.75, 3.05) is 23.7 Å². The maximum Gasteiger partial charge on any atom is 0.419 e. The van der Waals surface area contributed by atoms with Crippen molar-refractivity contribution in [2.24, 2.45) is 0 Å². The molecule has 3 rings (SSSR count). The number of anilines is 2. The lowest BCUT2D eigenvalue weighted by atomic mass is 10.1. The number of halogens is 3. The molecule has 3 aromatic rings. The zero-order chi connectivity index (χ0) is 22.3. The molecule has 0 aliphatic heterocycles. The Morgan fingerprint density at radius 2 is 1.55 bits per heavy atom. The second-order valence-corrected chi connectivity index (χ2v) is 6.45. The quantitative estimate of drug-likeness (QED) is 0.493. The molecule has 2 amide bonds. The minimum absolute atomic E-state index is 0.0321. The summed E-state index contributed by atoms with van der Waals surface area (Å²) in [7, 11) is 0. The molecule has 6 nitrogen and oxygen atoms in total. The Kier molecular flexibility index (Phi) is 6.86. The number of hydrogen-bond donors (Lipinski definition) is 3. The smallest absolute Gasteiger partial charge is 0.368 e. The molecule has 3 N–H and O–H groups in total. The maximum atomic E-state index is 13.0. The van der Waals surface area contributed by atoms with E-state index in [1.807, 2.05) is 0 Å². The highest BCUT2D eigenvalue weighted by Gasteiger charge is 2.33. The van der Waals surface area contributed by atoms with Gasteiger partial charge in [0, 0.05) is 24.8 Å². The number of nitrogens with zero attached hydrogens (tertiary/aromatic N) is 1. The zero-order valence-corrected chi connectivity index (χ0v) is 16.2. The minimum atomic E-state index is -4.53. The normalized spacial score (nSPS) is 10.9. The summed E-state index contributed by atoms with van der Waals surface area (Å²) in [6.45, 7) is 0.0814. The van der Waals surface area contributed by atoms with E-state index < -0.39 is 17.6 Å². The SMILES string of the molecule is O=C(Nc1ccccc1C(=O)NCCNc1ncccc1C(F)(F)F)c1ccccc1. The van der Waals surface area contributed by atoms with Crippen LogP contribution in [0.4, 0.5) is 24.7 Å². The van der Waals surface area contributed by atoms with Crippen molar-refractivity contribution in [3.05, 3.63) is 89.6 Å². The van der Waals surface area contributed by atoms with Crippen molar-refractivity contribution in [1.82, 2.24) is 10.3 Å². The molecule has 0 fully saturated rings. The summed E-state index contributed by atoms with van der Waals surface area (Å²) >= 11 is 0. The third-order valence-electron chi connectivity index (χ3n) is 4.27. The third-order valence-corrected chi connectivity index (χ3v) is 4.27. The predicted octanol–water partition coefficient (Wildman–Crippen LogP) is 4.19. The van der Waals surface area contributed by atoms with Crippen molar-refractivity contribution in [1.29, 1.82) is 0 Å². The number of carbonyl (C=O) groups excluding carboxylic acids is 2. The van der Waals surface area contributed by atoms with Gasteiger partial charge in [0.05, 0.1) is 16.8 Å². The Bertz CT molecular complexity index is 1060. The number of carbonyl (C=O) groups is 2. The molecule has 0 radical (unpaired) electrons. The second kappa shape index (κ2) is 9.75. The molecule has 1 aromatic heterocycles. The fourth-order valence-electron chi connectivity index (χ4n) is 2.80. The van der Waals surface area contributed by atoms with Crippen molar-refractivity contribution < 1.29 is 22.8 Å². The predicted molar refractivity (Wildman–Crippen MR) is 111 cm³/mol. The molecule has 0 aliphatic rings. The number of nitrogens with one attached hydrogen (secondary N) is 3. The fraction of sp³-hybridized carbons (Fsp3) is 0.136. The standard InChI is InChI=1S/C22H19F3N4O2/c23-22(24,25)17-10-6-12-26-19(17)27-13-14-28-21(31)16-9-4-5-11-18(16)29-20(30)15-7-2-1-3-8-15/h1-12H,13-14H2,(H,26,27)(H,28,31)(H,29,30). The molecule has 0 saturated heterocycles. The highest BCUT2D eigenvalue weighted by Crippen LogP contribution is 2.33. The van der Waals surface area contributed by atoms with E-state index in [1.165, 1.54) is 12.3 Å². The van der Waals surface area contributed by atoms with Gasteiger partial charge >= 0.3 is 6.18 Å². The van der Waals surface area contributed by atoms with Gasteiger partial charge in [0.1, 0.15) is 5.82 Å². The molecule has 0 unspecified atom stereocenters. The fourth-order valence-corrected chi connectivity index (χ4v) is 2.80. The molecule has 2 aromatic carbocycles. The van der Waals surface area contributed by atoms with Crippen LogP contribution in [-0.2, 0) is 6.18 Å². The first-order chi connectivity index (χ1) is 14.9. The first-order valence-corrected chi connectivity index (χ1v) is 9.36. The monoisotopic (exact) mass is 428 g/mol. The van der Waals surface area contributed by atoms with Crippen LogP contribution < -0.4 is 16.0 Å². The summed E-state index contributed by atoms with van der Waals surface area (Å²) in [5, 5.41) is 7.90. The van der Waals surface area contributed by atoms with Gasteiger partial charge in [-0.15, -0.1) is 0 Å². The third kappa shape index (κ3) is 5.81. The zero-order valence-electron chi connectivity index (χ0n) is 16.2. The first-order valence-electron chi connectivity index (χ1n) is 9.36. The number of aromatic nitrogens is 1. The lowest BCUT2D eigenvalue weighted by Gasteiger charge is -2.14. The molecule has 0 saturated carbocycles. The van der Waals surface area contributed by atoms with Crippen molar-refractivity contribution in [3.8, 4) is 0 Å². The molecule has 160 valence electrons. The van der Waals surface area contributed by atoms with Gasteiger partial charge in [0.15, 0.2) is 0 Å². The summed E-state index contributed by atoms with van der Waals surface area (Å²) < 4.78 is 39.0. The lowest BCUT2D eigenvalue weighted by molar-refractivity contribution is -0.137. The average molecular weight is 428 g/mol. The van der Waals surface area contributed by atoms with E-state index in [0.29, 0.717) is 11.3 Å². The Morgan fingerprint density at radius 3 is 2.29 bits per heavy atom. The molecular formula is C22H19F3N4O2. The van der Waals surface area contributed by atoms with Crippen LogP contribution in [0.2, 0.25) is 0 Å². The number of para-hydroxylation sites is 1. The lowest BCUT2D eigenvalue weighted by Crippen LogP contribution is -2.30. The largest absolute Gasteiger partial charge is 0.419 e. The van der Waals surface area contributed by atoms with E-state index in [1.54, 1.807) is 54.6 Å². The highest BCUT2D eigenvalue weighted by molar-refractivity contribution is 6.08. The van der Waals surface area contributed by atoms with Crippen molar-refractivity contribution in [3.63, 3.8) is 0 Å². The van der Waals surface area contributed by atoms with Gasteiger partial charge in [-0.05, 0) is 36.4 Å². The van der Waals surface area contributed by atoms with Crippen molar-refractivity contribution in [2.45, 2.75) is 6.18 Å². The number of benzene rings is 2. The van der Waals surface area contributed by atoms with Crippen LogP contribution >= 0.6 is 0 Å². The van der Waals surface area contributed by atoms with E-state index in [-0.39, 0.29) is 30.4 Å². The molecule has 31 heavy (non-hydrogen) atoms. The second-order valence-electron chi connectivity index (χ2n) is 6.45. The van der Waals surface area contributed by atoms with Crippen molar-refractivity contribution >= 4 is 23.3 Å². The molecular weight excluding hydrogens is 409 g/mol. The summed E-state index contributed by atoms with van der Waals surface area (Å²) in [4.78, 5) is 28.6. The van der Waals surface area contributed by atoms with E-state index in [0.717, 1.165) is 6.07 Å². The number of amides is 2. The summed E-state index contributed by atoms with van der Waals surface area (Å²) in [6, 6.07) is 17.1. The topological polar surface area (TPSA) is 83.1 Å². The summed E-state index contributed by atoms with van der Waals surface area (Å²) in [6.07, 6.45) is -3.28. The first kappa shape index (κ1) is 21.8. The molecule has 9 heteroatoms. The van der Waals surface area contributed by atoms with Crippen LogP contribution in [0.1, 0.15) is 26.3 Å². The Labute approximate surface area is 176 Å². The molecule has 0 aliphatic carbocycles. The Hall–Kier alpha value is -3.88. The molecule has 0 atom stereocenters. The van der Waals surface area contributed by atoms with E-state index in [9.17, 15) is 22.8 Å². The van der Waals surface area contributed by atoms with E-state index in [2.05, 4.69) is 20.9 Å². The van der Waals surface area contributed by atoms with Gasteiger partial charge in [0.25, 0.3) is 11.8 Å². The number of hydrogen-bond acceptors (Lipinski definition) is 4. The van der Waals surface area contributed by atoms with Gasteiger partial charge in [-0.2, -0.15) is 13.2 Å². The average Bonchev–Trinajstić information content (AvgIpc) is 2.77. The van der Waals surface area contributed by atoms with Crippen LogP contribution in [0, 0.1) is 0 Å². The van der Waals surface area contributed by atoms with E-state index in [4.69, 9.17) is 0 Å². The molecule has 0 bridgehead atoms. The number of pyridine rings is 1. The Balaban J connectivity index is 1.59. The van der Waals surface area contributed by atoms with Gasteiger partial charge in [-0.25, -0.2) is 4.98 Å². The molecule has 0 spiro atoms. The van der Waals surface area contributed by atoms with Crippen LogP contribution in [0.15, 0.2) is 72.9 Å². The maximum absolute atomic E-state index is 13.0. The van der Waals surface area contributed by atoms with Gasteiger partial charge in [-0.3, -0.25) is 9.59 Å².